The van der Waals surface area contributed by atoms with Gasteiger partial charge >= 0.3 is 0 Å². The van der Waals surface area contributed by atoms with E-state index in [1.807, 2.05) is 13.1 Å². The number of rotatable bonds is 2. The molecular formula is C13H18FN. The molecule has 0 saturated carbocycles. The van der Waals surface area contributed by atoms with Crippen molar-refractivity contribution >= 4 is 0 Å². The maximum absolute atomic E-state index is 13.2. The lowest BCUT2D eigenvalue weighted by atomic mass is 9.83. The number of hydrogen-bond donors (Lipinski definition) is 1. The zero-order chi connectivity index (χ0) is 11.1. The van der Waals surface area contributed by atoms with Crippen LogP contribution >= 0.6 is 0 Å². The fraction of sp³-hybridized carbons (Fsp3) is 0.538. The van der Waals surface area contributed by atoms with Crippen LogP contribution in [0, 0.1) is 5.82 Å². The highest BCUT2D eigenvalue weighted by Gasteiger charge is 2.34. The van der Waals surface area contributed by atoms with Crippen molar-refractivity contribution < 1.29 is 4.39 Å². The second-order valence-electron chi connectivity index (χ2n) is 4.91. The van der Waals surface area contributed by atoms with E-state index in [0.717, 1.165) is 12.8 Å². The van der Waals surface area contributed by atoms with Crippen LogP contribution in [-0.4, -0.2) is 12.6 Å². The van der Waals surface area contributed by atoms with Crippen molar-refractivity contribution in [2.45, 2.75) is 38.1 Å². The molecule has 0 saturated heterocycles. The van der Waals surface area contributed by atoms with Crippen molar-refractivity contribution in [1.29, 1.82) is 0 Å². The highest BCUT2D eigenvalue weighted by atomic mass is 19.1. The Kier molecular flexibility index (Phi) is 2.55. The largest absolute Gasteiger partial charge is 0.314 e. The first kappa shape index (κ1) is 10.6. The first-order valence-electron chi connectivity index (χ1n) is 5.52. The fourth-order valence-corrected chi connectivity index (χ4v) is 2.50. The van der Waals surface area contributed by atoms with Gasteiger partial charge in [-0.05, 0) is 57.0 Å². The van der Waals surface area contributed by atoms with Gasteiger partial charge in [-0.3, -0.25) is 0 Å². The van der Waals surface area contributed by atoms with Gasteiger partial charge in [-0.15, -0.1) is 0 Å². The molecule has 2 rings (SSSR count). The summed E-state index contributed by atoms with van der Waals surface area (Å²) in [6.07, 6.45) is 2.19. The zero-order valence-corrected chi connectivity index (χ0v) is 9.60. The minimum atomic E-state index is -0.118. The highest BCUT2D eigenvalue weighted by molar-refractivity contribution is 5.37. The van der Waals surface area contributed by atoms with E-state index in [0.29, 0.717) is 5.92 Å². The van der Waals surface area contributed by atoms with E-state index in [1.165, 1.54) is 11.1 Å². The molecule has 1 atom stereocenters. The van der Waals surface area contributed by atoms with E-state index in [1.54, 1.807) is 12.1 Å². The molecule has 2 heteroatoms. The zero-order valence-electron chi connectivity index (χ0n) is 9.60. The van der Waals surface area contributed by atoms with Gasteiger partial charge in [-0.1, -0.05) is 6.07 Å². The maximum atomic E-state index is 13.2. The van der Waals surface area contributed by atoms with Crippen molar-refractivity contribution in [3.8, 4) is 0 Å². The third-order valence-corrected chi connectivity index (χ3v) is 3.70. The molecular weight excluding hydrogens is 189 g/mol. The number of hydrogen-bond acceptors (Lipinski definition) is 1. The third kappa shape index (κ3) is 1.78. The average molecular weight is 207 g/mol. The van der Waals surface area contributed by atoms with E-state index in [4.69, 9.17) is 0 Å². The predicted molar refractivity (Wildman–Crippen MR) is 60.6 cm³/mol. The molecule has 1 aromatic carbocycles. The van der Waals surface area contributed by atoms with Crippen LogP contribution in [0.2, 0.25) is 0 Å². The van der Waals surface area contributed by atoms with Crippen molar-refractivity contribution in [2.75, 3.05) is 7.05 Å². The molecule has 0 amide bonds. The maximum Gasteiger partial charge on any atom is 0.123 e. The van der Waals surface area contributed by atoms with E-state index in [-0.39, 0.29) is 11.4 Å². The number of halogens is 1. The number of benzene rings is 1. The Bertz CT molecular complexity index is 371. The molecule has 0 fully saturated rings. The second-order valence-corrected chi connectivity index (χ2v) is 4.91. The van der Waals surface area contributed by atoms with Crippen LogP contribution < -0.4 is 5.32 Å². The predicted octanol–water partition coefficient (Wildman–Crippen LogP) is 2.85. The number of nitrogens with one attached hydrogen (secondary N) is 1. The van der Waals surface area contributed by atoms with Crippen molar-refractivity contribution in [2.24, 2.45) is 0 Å². The van der Waals surface area contributed by atoms with E-state index in [9.17, 15) is 4.39 Å². The average Bonchev–Trinajstić information content (AvgIpc) is 2.61. The normalized spacial score (nSPS) is 20.4. The summed E-state index contributed by atoms with van der Waals surface area (Å²) in [6, 6.07) is 5.19. The molecule has 0 aromatic heterocycles. The summed E-state index contributed by atoms with van der Waals surface area (Å²) in [5.74, 6) is 0.306. The summed E-state index contributed by atoms with van der Waals surface area (Å²) in [5, 5.41) is 3.32. The molecule has 0 radical (unpaired) electrons. The van der Waals surface area contributed by atoms with Crippen LogP contribution in [-0.2, 0) is 6.42 Å². The van der Waals surface area contributed by atoms with Crippen molar-refractivity contribution in [3.05, 3.63) is 35.1 Å². The minimum absolute atomic E-state index is 0.0407. The van der Waals surface area contributed by atoms with Crippen LogP contribution in [0.1, 0.15) is 37.3 Å². The van der Waals surface area contributed by atoms with Gasteiger partial charge in [0.15, 0.2) is 0 Å². The Morgan fingerprint density at radius 3 is 2.80 bits per heavy atom. The Hall–Kier alpha value is -0.890. The Morgan fingerprint density at radius 2 is 2.13 bits per heavy atom. The van der Waals surface area contributed by atoms with Gasteiger partial charge in [0, 0.05) is 11.5 Å². The van der Waals surface area contributed by atoms with Gasteiger partial charge in [0.1, 0.15) is 5.82 Å². The summed E-state index contributed by atoms with van der Waals surface area (Å²) < 4.78 is 13.2. The van der Waals surface area contributed by atoms with Gasteiger partial charge < -0.3 is 5.32 Å². The fourth-order valence-electron chi connectivity index (χ4n) is 2.50. The van der Waals surface area contributed by atoms with Gasteiger partial charge in [-0.2, -0.15) is 0 Å². The highest BCUT2D eigenvalue weighted by Crippen LogP contribution is 2.40. The van der Waals surface area contributed by atoms with Gasteiger partial charge in [-0.25, -0.2) is 4.39 Å². The first-order valence-corrected chi connectivity index (χ1v) is 5.52. The van der Waals surface area contributed by atoms with Crippen LogP contribution in [0.15, 0.2) is 18.2 Å². The van der Waals surface area contributed by atoms with E-state index < -0.39 is 0 Å². The smallest absolute Gasteiger partial charge is 0.123 e. The quantitative estimate of drug-likeness (QED) is 0.786. The number of likely N-dealkylation sites (N-methyl/N-ethyl adjacent to an activating group) is 1. The second kappa shape index (κ2) is 3.60. The molecule has 1 aromatic rings. The topological polar surface area (TPSA) is 12.0 Å². The molecule has 0 bridgehead atoms. The van der Waals surface area contributed by atoms with Crippen LogP contribution in [0.3, 0.4) is 0 Å². The van der Waals surface area contributed by atoms with E-state index >= 15 is 0 Å². The molecule has 0 heterocycles. The van der Waals surface area contributed by atoms with Gasteiger partial charge in [0.05, 0.1) is 0 Å². The number of fused-ring (bicyclic) bond motifs is 1. The summed E-state index contributed by atoms with van der Waals surface area (Å²) in [5.41, 5.74) is 2.54. The standard InChI is InChI=1S/C13H18FN/c1-13(2,15-3)12-7-5-9-4-6-10(14)8-11(9)12/h4,6,8,12,15H,5,7H2,1-3H3. The van der Waals surface area contributed by atoms with Crippen LogP contribution in [0.5, 0.6) is 0 Å². The molecule has 1 aliphatic carbocycles. The first-order chi connectivity index (χ1) is 7.04. The number of aryl methyl sites for hydroxylation is 1. The minimum Gasteiger partial charge on any atom is -0.314 e. The van der Waals surface area contributed by atoms with Gasteiger partial charge in [0.25, 0.3) is 0 Å². The summed E-state index contributed by atoms with van der Waals surface area (Å²) >= 11 is 0. The molecule has 0 aliphatic heterocycles. The lowest BCUT2D eigenvalue weighted by Crippen LogP contribution is -2.41. The molecule has 1 N–H and O–H groups in total. The SMILES string of the molecule is CNC(C)(C)C1CCc2ccc(F)cc21. The molecule has 1 unspecified atom stereocenters. The summed E-state index contributed by atoms with van der Waals surface area (Å²) in [6.45, 7) is 4.36. The lowest BCUT2D eigenvalue weighted by Gasteiger charge is -2.32. The van der Waals surface area contributed by atoms with Gasteiger partial charge in [0.2, 0.25) is 0 Å². The van der Waals surface area contributed by atoms with Crippen LogP contribution in [0.25, 0.3) is 0 Å². The molecule has 1 aliphatic rings. The van der Waals surface area contributed by atoms with Crippen molar-refractivity contribution in [1.82, 2.24) is 5.32 Å². The van der Waals surface area contributed by atoms with Crippen molar-refractivity contribution in [3.63, 3.8) is 0 Å². The van der Waals surface area contributed by atoms with E-state index in [2.05, 4.69) is 19.2 Å². The molecule has 0 spiro atoms. The Labute approximate surface area is 90.7 Å². The monoisotopic (exact) mass is 207 g/mol. The Morgan fingerprint density at radius 1 is 1.40 bits per heavy atom. The van der Waals surface area contributed by atoms with Crippen LogP contribution in [0.4, 0.5) is 4.39 Å². The molecule has 15 heavy (non-hydrogen) atoms. The summed E-state index contributed by atoms with van der Waals surface area (Å²) in [4.78, 5) is 0. The molecule has 82 valence electrons. The third-order valence-electron chi connectivity index (χ3n) is 3.70. The lowest BCUT2D eigenvalue weighted by molar-refractivity contribution is 0.340. The molecule has 1 nitrogen and oxygen atoms in total. The summed E-state index contributed by atoms with van der Waals surface area (Å²) in [7, 11) is 1.97. The Balaban J connectivity index is 2.39.